The van der Waals surface area contributed by atoms with Gasteiger partial charge in [-0.3, -0.25) is 5.10 Å². The Morgan fingerprint density at radius 1 is 1.00 bits per heavy atom. The van der Waals surface area contributed by atoms with Crippen LogP contribution < -0.4 is 4.74 Å². The third-order valence-corrected chi connectivity index (χ3v) is 3.02. The predicted molar refractivity (Wildman–Crippen MR) is 77.7 cm³/mol. The van der Waals surface area contributed by atoms with Crippen LogP contribution in [-0.2, 0) is 11.3 Å². The lowest BCUT2D eigenvalue weighted by molar-refractivity contribution is 0.0889. The Kier molecular flexibility index (Phi) is 3.94. The molecule has 4 nitrogen and oxygen atoms in total. The van der Waals surface area contributed by atoms with E-state index in [1.165, 1.54) is 5.56 Å². The van der Waals surface area contributed by atoms with E-state index in [9.17, 15) is 0 Å². The van der Waals surface area contributed by atoms with Gasteiger partial charge >= 0.3 is 0 Å². The van der Waals surface area contributed by atoms with Crippen molar-refractivity contribution in [2.24, 2.45) is 0 Å². The molecule has 1 aromatic heterocycles. The van der Waals surface area contributed by atoms with Gasteiger partial charge in [-0.25, -0.2) is 0 Å². The minimum Gasteiger partial charge on any atom is -0.491 e. The number of rotatable bonds is 6. The van der Waals surface area contributed by atoms with E-state index in [-0.39, 0.29) is 0 Å². The molecule has 0 bridgehead atoms. The molecule has 0 radical (unpaired) electrons. The van der Waals surface area contributed by atoms with Crippen LogP contribution in [0.15, 0.2) is 54.7 Å². The fourth-order valence-corrected chi connectivity index (χ4v) is 1.99. The van der Waals surface area contributed by atoms with Crippen LogP contribution >= 0.6 is 0 Å². The number of hydrogen-bond donors (Lipinski definition) is 1. The van der Waals surface area contributed by atoms with Gasteiger partial charge < -0.3 is 9.47 Å². The zero-order valence-corrected chi connectivity index (χ0v) is 11.1. The molecule has 0 amide bonds. The Labute approximate surface area is 117 Å². The van der Waals surface area contributed by atoms with Crippen molar-refractivity contribution in [1.29, 1.82) is 0 Å². The quantitative estimate of drug-likeness (QED) is 0.698. The number of fused-ring (bicyclic) bond motifs is 1. The molecule has 3 rings (SSSR count). The summed E-state index contributed by atoms with van der Waals surface area (Å²) >= 11 is 0. The van der Waals surface area contributed by atoms with E-state index in [2.05, 4.69) is 10.2 Å². The van der Waals surface area contributed by atoms with Gasteiger partial charge in [0.25, 0.3) is 0 Å². The molecular formula is C16H16N2O2. The van der Waals surface area contributed by atoms with E-state index >= 15 is 0 Å². The molecule has 4 heteroatoms. The van der Waals surface area contributed by atoms with Crippen molar-refractivity contribution in [1.82, 2.24) is 10.2 Å². The van der Waals surface area contributed by atoms with Crippen molar-refractivity contribution >= 4 is 10.9 Å². The number of ether oxygens (including phenoxy) is 2. The van der Waals surface area contributed by atoms with Crippen LogP contribution in [0.1, 0.15) is 5.56 Å². The summed E-state index contributed by atoms with van der Waals surface area (Å²) in [5.74, 6) is 0.824. The van der Waals surface area contributed by atoms with Gasteiger partial charge in [-0.05, 0) is 17.7 Å². The average molecular weight is 268 g/mol. The maximum Gasteiger partial charge on any atom is 0.121 e. The van der Waals surface area contributed by atoms with Gasteiger partial charge in [-0.15, -0.1) is 0 Å². The second-order valence-corrected chi connectivity index (χ2v) is 4.51. The van der Waals surface area contributed by atoms with Crippen molar-refractivity contribution in [2.45, 2.75) is 6.61 Å². The Bertz CT molecular complexity index is 664. The van der Waals surface area contributed by atoms with Crippen molar-refractivity contribution in [2.75, 3.05) is 13.2 Å². The first-order valence-corrected chi connectivity index (χ1v) is 6.59. The highest BCUT2D eigenvalue weighted by atomic mass is 16.5. The molecular weight excluding hydrogens is 252 g/mol. The van der Waals surface area contributed by atoms with Gasteiger partial charge in [0.2, 0.25) is 0 Å². The molecule has 0 aliphatic heterocycles. The number of nitrogens with zero attached hydrogens (tertiary/aromatic N) is 1. The maximum atomic E-state index is 5.65. The SMILES string of the molecule is c1ccc(COCCOc2ccc3cn[nH]c3c2)cc1. The predicted octanol–water partition coefficient (Wildman–Crippen LogP) is 3.16. The number of aromatic amines is 1. The summed E-state index contributed by atoms with van der Waals surface area (Å²) in [6.45, 7) is 1.71. The van der Waals surface area contributed by atoms with Gasteiger partial charge in [0.05, 0.1) is 24.9 Å². The second-order valence-electron chi connectivity index (χ2n) is 4.51. The number of hydrogen-bond acceptors (Lipinski definition) is 3. The molecule has 20 heavy (non-hydrogen) atoms. The minimum atomic E-state index is 0.534. The van der Waals surface area contributed by atoms with Crippen LogP contribution in [0.4, 0.5) is 0 Å². The zero-order chi connectivity index (χ0) is 13.6. The van der Waals surface area contributed by atoms with Crippen molar-refractivity contribution in [3.8, 4) is 5.75 Å². The lowest BCUT2D eigenvalue weighted by atomic mass is 10.2. The molecule has 0 unspecified atom stereocenters. The van der Waals surface area contributed by atoms with Crippen LogP contribution in [0.5, 0.6) is 5.75 Å². The largest absolute Gasteiger partial charge is 0.491 e. The Balaban J connectivity index is 1.43. The number of benzene rings is 2. The van der Waals surface area contributed by atoms with Crippen LogP contribution in [0.2, 0.25) is 0 Å². The molecule has 0 atom stereocenters. The normalized spacial score (nSPS) is 10.8. The lowest BCUT2D eigenvalue weighted by Crippen LogP contribution is -2.06. The van der Waals surface area contributed by atoms with Crippen molar-refractivity contribution in [3.63, 3.8) is 0 Å². The molecule has 0 aliphatic carbocycles. The molecule has 0 spiro atoms. The molecule has 0 saturated heterocycles. The summed E-state index contributed by atoms with van der Waals surface area (Å²) in [5.41, 5.74) is 2.15. The Morgan fingerprint density at radius 2 is 1.90 bits per heavy atom. The zero-order valence-electron chi connectivity index (χ0n) is 11.1. The Morgan fingerprint density at radius 3 is 2.80 bits per heavy atom. The average Bonchev–Trinajstić information content (AvgIpc) is 2.95. The van der Waals surface area contributed by atoms with E-state index in [4.69, 9.17) is 9.47 Å². The highest BCUT2D eigenvalue weighted by Gasteiger charge is 1.99. The number of H-pyrrole nitrogens is 1. The third-order valence-electron chi connectivity index (χ3n) is 3.02. The summed E-state index contributed by atoms with van der Waals surface area (Å²) in [6.07, 6.45) is 1.79. The fourth-order valence-electron chi connectivity index (χ4n) is 1.99. The number of aromatic nitrogens is 2. The first kappa shape index (κ1) is 12.7. The van der Waals surface area contributed by atoms with Gasteiger partial charge in [-0.2, -0.15) is 5.10 Å². The first-order chi connectivity index (χ1) is 9.92. The minimum absolute atomic E-state index is 0.534. The number of nitrogens with one attached hydrogen (secondary N) is 1. The van der Waals surface area contributed by atoms with Crippen LogP contribution in [-0.4, -0.2) is 23.4 Å². The molecule has 0 aliphatic rings. The highest BCUT2D eigenvalue weighted by molar-refractivity contribution is 5.79. The van der Waals surface area contributed by atoms with Gasteiger partial charge in [-0.1, -0.05) is 30.3 Å². The topological polar surface area (TPSA) is 47.1 Å². The van der Waals surface area contributed by atoms with Gasteiger partial charge in [0.15, 0.2) is 0 Å². The molecule has 1 N–H and O–H groups in total. The van der Waals surface area contributed by atoms with Crippen molar-refractivity contribution in [3.05, 3.63) is 60.3 Å². The molecule has 3 aromatic rings. The molecule has 102 valence electrons. The molecule has 0 saturated carbocycles. The standard InChI is InChI=1S/C16H16N2O2/c1-2-4-13(5-3-1)12-19-8-9-20-15-7-6-14-11-17-18-16(14)10-15/h1-7,10-11H,8-9,12H2,(H,17,18). The monoisotopic (exact) mass is 268 g/mol. The van der Waals surface area contributed by atoms with E-state index < -0.39 is 0 Å². The third kappa shape index (κ3) is 3.16. The summed E-state index contributed by atoms with van der Waals surface area (Å²) in [7, 11) is 0. The van der Waals surface area contributed by atoms with Gasteiger partial charge in [0.1, 0.15) is 12.4 Å². The smallest absolute Gasteiger partial charge is 0.121 e. The molecule has 2 aromatic carbocycles. The van der Waals surface area contributed by atoms with Crippen molar-refractivity contribution < 1.29 is 9.47 Å². The van der Waals surface area contributed by atoms with Crippen LogP contribution in [0.25, 0.3) is 10.9 Å². The maximum absolute atomic E-state index is 5.65. The Hall–Kier alpha value is -2.33. The summed E-state index contributed by atoms with van der Waals surface area (Å²) < 4.78 is 11.2. The van der Waals surface area contributed by atoms with Crippen LogP contribution in [0, 0.1) is 0 Å². The highest BCUT2D eigenvalue weighted by Crippen LogP contribution is 2.18. The summed E-state index contributed by atoms with van der Waals surface area (Å²) in [6, 6.07) is 16.0. The fraction of sp³-hybridized carbons (Fsp3) is 0.188. The molecule has 1 heterocycles. The van der Waals surface area contributed by atoms with E-state index in [0.717, 1.165) is 16.7 Å². The summed E-state index contributed by atoms with van der Waals surface area (Å²) in [4.78, 5) is 0. The van der Waals surface area contributed by atoms with Gasteiger partial charge in [0, 0.05) is 11.5 Å². The van der Waals surface area contributed by atoms with E-state index in [0.29, 0.717) is 19.8 Å². The van der Waals surface area contributed by atoms with E-state index in [1.807, 2.05) is 48.5 Å². The molecule has 0 fully saturated rings. The van der Waals surface area contributed by atoms with Crippen LogP contribution in [0.3, 0.4) is 0 Å². The first-order valence-electron chi connectivity index (χ1n) is 6.59. The second kappa shape index (κ2) is 6.21. The lowest BCUT2D eigenvalue weighted by Gasteiger charge is -2.07. The van der Waals surface area contributed by atoms with E-state index in [1.54, 1.807) is 6.20 Å². The summed E-state index contributed by atoms with van der Waals surface area (Å²) in [5, 5.41) is 7.98.